The summed E-state index contributed by atoms with van der Waals surface area (Å²) in [4.78, 5) is 4.42. The first-order chi connectivity index (χ1) is 6.84. The predicted octanol–water partition coefficient (Wildman–Crippen LogP) is 2.01. The first-order valence-electron chi connectivity index (χ1n) is 5.24. The molecule has 1 unspecified atom stereocenters. The maximum absolute atomic E-state index is 4.42. The maximum Gasteiger partial charge on any atom is 0.183 e. The Bertz CT molecular complexity index is 277. The molecule has 0 saturated carbocycles. The van der Waals surface area contributed by atoms with Crippen LogP contribution in [0.5, 0.6) is 0 Å². The van der Waals surface area contributed by atoms with Crippen molar-refractivity contribution in [3.05, 3.63) is 11.1 Å². The van der Waals surface area contributed by atoms with E-state index in [2.05, 4.69) is 21.0 Å². The Labute approximate surface area is 88.9 Å². The molecular formula is C10H17N3S. The van der Waals surface area contributed by atoms with Crippen LogP contribution in [0.1, 0.15) is 25.0 Å². The van der Waals surface area contributed by atoms with Gasteiger partial charge >= 0.3 is 0 Å². The van der Waals surface area contributed by atoms with E-state index in [-0.39, 0.29) is 0 Å². The number of thiazole rings is 1. The van der Waals surface area contributed by atoms with Crippen LogP contribution in [0.2, 0.25) is 0 Å². The van der Waals surface area contributed by atoms with Crippen molar-refractivity contribution in [2.24, 2.45) is 0 Å². The number of rotatable bonds is 2. The quantitative estimate of drug-likeness (QED) is 0.785. The zero-order valence-electron chi connectivity index (χ0n) is 8.55. The minimum Gasteiger partial charge on any atom is -0.359 e. The molecule has 3 nitrogen and oxygen atoms in total. The second-order valence-electron chi connectivity index (χ2n) is 3.82. The lowest BCUT2D eigenvalue weighted by molar-refractivity contribution is 0.637. The summed E-state index contributed by atoms with van der Waals surface area (Å²) in [6.45, 7) is 4.33. The number of aromatic nitrogens is 1. The molecular weight excluding hydrogens is 194 g/mol. The smallest absolute Gasteiger partial charge is 0.183 e. The van der Waals surface area contributed by atoms with Gasteiger partial charge in [-0.2, -0.15) is 0 Å². The molecule has 4 heteroatoms. The highest BCUT2D eigenvalue weighted by Crippen LogP contribution is 2.18. The molecule has 2 heterocycles. The van der Waals surface area contributed by atoms with Crippen LogP contribution in [-0.4, -0.2) is 24.1 Å². The van der Waals surface area contributed by atoms with Gasteiger partial charge in [-0.25, -0.2) is 4.98 Å². The molecule has 0 amide bonds. The average Bonchev–Trinajstić information content (AvgIpc) is 2.43. The van der Waals surface area contributed by atoms with Gasteiger partial charge in [0.25, 0.3) is 0 Å². The molecule has 0 radical (unpaired) electrons. The Kier molecular flexibility index (Phi) is 3.37. The molecule has 1 saturated heterocycles. The molecule has 14 heavy (non-hydrogen) atoms. The summed E-state index contributed by atoms with van der Waals surface area (Å²) in [7, 11) is 0. The van der Waals surface area contributed by atoms with Crippen molar-refractivity contribution in [3.8, 4) is 0 Å². The highest BCUT2D eigenvalue weighted by atomic mass is 32.1. The van der Waals surface area contributed by atoms with E-state index in [0.29, 0.717) is 6.04 Å². The average molecular weight is 211 g/mol. The lowest BCUT2D eigenvalue weighted by Crippen LogP contribution is -2.21. The monoisotopic (exact) mass is 211 g/mol. The van der Waals surface area contributed by atoms with Gasteiger partial charge in [0.2, 0.25) is 0 Å². The first-order valence-corrected chi connectivity index (χ1v) is 6.12. The SMILES string of the molecule is Cc1csc(NC2CCCNCC2)n1. The number of aryl methyl sites for hydroxylation is 1. The molecule has 0 spiro atoms. The van der Waals surface area contributed by atoms with Crippen molar-refractivity contribution in [2.45, 2.75) is 32.2 Å². The molecule has 1 aliphatic rings. The molecule has 0 bridgehead atoms. The van der Waals surface area contributed by atoms with Gasteiger partial charge in [-0.3, -0.25) is 0 Å². The molecule has 78 valence electrons. The Morgan fingerprint density at radius 1 is 1.50 bits per heavy atom. The zero-order valence-corrected chi connectivity index (χ0v) is 9.36. The van der Waals surface area contributed by atoms with Crippen LogP contribution in [0.3, 0.4) is 0 Å². The van der Waals surface area contributed by atoms with Gasteiger partial charge < -0.3 is 10.6 Å². The van der Waals surface area contributed by atoms with E-state index in [1.54, 1.807) is 11.3 Å². The van der Waals surface area contributed by atoms with E-state index in [4.69, 9.17) is 0 Å². The van der Waals surface area contributed by atoms with Crippen molar-refractivity contribution in [3.63, 3.8) is 0 Å². The third kappa shape index (κ3) is 2.69. The Morgan fingerprint density at radius 3 is 3.21 bits per heavy atom. The van der Waals surface area contributed by atoms with Crippen molar-refractivity contribution >= 4 is 16.5 Å². The summed E-state index contributed by atoms with van der Waals surface area (Å²) in [5, 5.41) is 10.1. The van der Waals surface area contributed by atoms with Crippen LogP contribution in [0.4, 0.5) is 5.13 Å². The largest absolute Gasteiger partial charge is 0.359 e. The third-order valence-corrected chi connectivity index (χ3v) is 3.41. The number of anilines is 1. The van der Waals surface area contributed by atoms with Crippen molar-refractivity contribution in [1.82, 2.24) is 10.3 Å². The van der Waals surface area contributed by atoms with Gasteiger partial charge in [0, 0.05) is 11.4 Å². The molecule has 1 aliphatic heterocycles. The van der Waals surface area contributed by atoms with E-state index in [0.717, 1.165) is 23.9 Å². The van der Waals surface area contributed by atoms with Crippen molar-refractivity contribution < 1.29 is 0 Å². The fraction of sp³-hybridized carbons (Fsp3) is 0.700. The van der Waals surface area contributed by atoms with Crippen molar-refractivity contribution in [1.29, 1.82) is 0 Å². The predicted molar refractivity (Wildman–Crippen MR) is 61.0 cm³/mol. The Hall–Kier alpha value is -0.610. The second kappa shape index (κ2) is 4.75. The number of nitrogens with one attached hydrogen (secondary N) is 2. The first kappa shape index (κ1) is 9.93. The number of hydrogen-bond donors (Lipinski definition) is 2. The fourth-order valence-corrected chi connectivity index (χ4v) is 2.52. The fourth-order valence-electron chi connectivity index (χ4n) is 1.76. The molecule has 2 rings (SSSR count). The van der Waals surface area contributed by atoms with Crippen LogP contribution in [0.25, 0.3) is 0 Å². The van der Waals surface area contributed by atoms with Crippen molar-refractivity contribution in [2.75, 3.05) is 18.4 Å². The topological polar surface area (TPSA) is 37.0 Å². The van der Waals surface area contributed by atoms with Crippen LogP contribution >= 0.6 is 11.3 Å². The van der Waals surface area contributed by atoms with E-state index in [9.17, 15) is 0 Å². The summed E-state index contributed by atoms with van der Waals surface area (Å²) < 4.78 is 0. The number of hydrogen-bond acceptors (Lipinski definition) is 4. The third-order valence-electron chi connectivity index (χ3n) is 2.52. The molecule has 2 N–H and O–H groups in total. The van der Waals surface area contributed by atoms with Crippen LogP contribution in [0, 0.1) is 6.92 Å². The molecule has 1 atom stereocenters. The van der Waals surface area contributed by atoms with E-state index >= 15 is 0 Å². The van der Waals surface area contributed by atoms with Gasteiger partial charge in [0.1, 0.15) is 0 Å². The summed E-state index contributed by atoms with van der Waals surface area (Å²) >= 11 is 1.71. The molecule has 1 fully saturated rings. The lowest BCUT2D eigenvalue weighted by atomic mass is 10.1. The van der Waals surface area contributed by atoms with Gasteiger partial charge in [-0.15, -0.1) is 11.3 Å². The van der Waals surface area contributed by atoms with Gasteiger partial charge in [-0.1, -0.05) is 0 Å². The van der Waals surface area contributed by atoms with Crippen LogP contribution < -0.4 is 10.6 Å². The summed E-state index contributed by atoms with van der Waals surface area (Å²) in [6.07, 6.45) is 3.73. The van der Waals surface area contributed by atoms with E-state index < -0.39 is 0 Å². The maximum atomic E-state index is 4.42. The standard InChI is InChI=1S/C10H17N3S/c1-8-7-14-10(12-8)13-9-3-2-5-11-6-4-9/h7,9,11H,2-6H2,1H3,(H,12,13). The summed E-state index contributed by atoms with van der Waals surface area (Å²) in [6, 6.07) is 0.607. The Balaban J connectivity index is 1.89. The second-order valence-corrected chi connectivity index (χ2v) is 4.67. The highest BCUT2D eigenvalue weighted by molar-refractivity contribution is 7.13. The minimum absolute atomic E-state index is 0.607. The van der Waals surface area contributed by atoms with Gasteiger partial charge in [-0.05, 0) is 39.3 Å². The normalized spacial score (nSPS) is 23.1. The van der Waals surface area contributed by atoms with Gasteiger partial charge in [0.05, 0.1) is 5.69 Å². The molecule has 0 aromatic carbocycles. The van der Waals surface area contributed by atoms with Gasteiger partial charge in [0.15, 0.2) is 5.13 Å². The minimum atomic E-state index is 0.607. The zero-order chi connectivity index (χ0) is 9.80. The molecule has 1 aromatic rings. The van der Waals surface area contributed by atoms with Crippen LogP contribution in [0.15, 0.2) is 5.38 Å². The lowest BCUT2D eigenvalue weighted by Gasteiger charge is -2.14. The number of nitrogens with zero attached hydrogens (tertiary/aromatic N) is 1. The van der Waals surface area contributed by atoms with E-state index in [1.165, 1.54) is 19.3 Å². The van der Waals surface area contributed by atoms with E-state index in [1.807, 2.05) is 6.92 Å². The molecule has 0 aliphatic carbocycles. The summed E-state index contributed by atoms with van der Waals surface area (Å²) in [5.41, 5.74) is 1.12. The summed E-state index contributed by atoms with van der Waals surface area (Å²) in [5.74, 6) is 0. The Morgan fingerprint density at radius 2 is 2.43 bits per heavy atom. The molecule has 1 aromatic heterocycles. The highest BCUT2D eigenvalue weighted by Gasteiger charge is 2.12. The van der Waals surface area contributed by atoms with Crippen LogP contribution in [-0.2, 0) is 0 Å².